The minimum Gasteiger partial charge on any atom is -0.348 e. The molecule has 0 spiro atoms. The Labute approximate surface area is 183 Å². The number of amides is 1. The van der Waals surface area contributed by atoms with Crippen LogP contribution in [0.25, 0.3) is 0 Å². The van der Waals surface area contributed by atoms with Crippen molar-refractivity contribution in [3.8, 4) is 0 Å². The zero-order valence-electron chi connectivity index (χ0n) is 17.3. The summed E-state index contributed by atoms with van der Waals surface area (Å²) in [5.41, 5.74) is 3.19. The first-order valence-electron chi connectivity index (χ1n) is 10.2. The quantitative estimate of drug-likeness (QED) is 0.564. The minimum atomic E-state index is -3.47. The maximum absolute atomic E-state index is 12.9. The first kappa shape index (κ1) is 21.1. The molecule has 1 aliphatic carbocycles. The summed E-state index contributed by atoms with van der Waals surface area (Å²) in [6, 6.07) is 24.0. The Kier molecular flexibility index (Phi) is 6.06. The van der Waals surface area contributed by atoms with Gasteiger partial charge in [-0.25, -0.2) is 13.1 Å². The number of rotatable bonds is 8. The first-order chi connectivity index (χ1) is 14.9. The molecule has 1 amide bonds. The number of anilines is 2. The van der Waals surface area contributed by atoms with Crippen LogP contribution in [0.4, 0.5) is 11.4 Å². The van der Waals surface area contributed by atoms with Crippen LogP contribution in [0.3, 0.4) is 0 Å². The molecule has 0 heterocycles. The fraction of sp³-hybridized carbons (Fsp3) is 0.208. The second kappa shape index (κ2) is 8.91. The fourth-order valence-corrected chi connectivity index (χ4v) is 4.61. The first-order valence-corrected chi connectivity index (χ1v) is 11.7. The average Bonchev–Trinajstić information content (AvgIpc) is 3.61. The molecular formula is C24H25N3O3S. The number of sulfonamides is 1. The number of nitrogens with zero attached hydrogens (tertiary/aromatic N) is 1. The molecule has 0 bridgehead atoms. The van der Waals surface area contributed by atoms with Gasteiger partial charge in [0.1, 0.15) is 0 Å². The molecule has 31 heavy (non-hydrogen) atoms. The van der Waals surface area contributed by atoms with E-state index in [-0.39, 0.29) is 16.8 Å². The maximum atomic E-state index is 12.9. The molecule has 3 aromatic rings. The average molecular weight is 436 g/mol. The molecule has 160 valence electrons. The van der Waals surface area contributed by atoms with Gasteiger partial charge in [-0.05, 0) is 54.8 Å². The molecule has 1 saturated carbocycles. The van der Waals surface area contributed by atoms with Crippen molar-refractivity contribution in [3.63, 3.8) is 0 Å². The van der Waals surface area contributed by atoms with E-state index in [0.717, 1.165) is 29.8 Å². The summed E-state index contributed by atoms with van der Waals surface area (Å²) in [4.78, 5) is 15.1. The monoisotopic (exact) mass is 435 g/mol. The molecule has 0 radical (unpaired) electrons. The zero-order valence-corrected chi connectivity index (χ0v) is 18.1. The third-order valence-corrected chi connectivity index (χ3v) is 6.78. The standard InChI is InChI=1S/C24H25N3O3S/c1-27(20-7-3-2-4-8-20)23-10-6-5-9-22(23)24(28)25-17-18-11-15-21(16-12-18)31(29,30)26-19-13-14-19/h2-12,15-16,19,26H,13-14,17H2,1H3,(H,25,28). The van der Waals surface area contributed by atoms with Gasteiger partial charge >= 0.3 is 0 Å². The molecule has 1 aliphatic rings. The number of hydrogen-bond acceptors (Lipinski definition) is 4. The van der Waals surface area contributed by atoms with Crippen LogP contribution in [0.5, 0.6) is 0 Å². The number of para-hydroxylation sites is 2. The molecule has 0 atom stereocenters. The van der Waals surface area contributed by atoms with Crippen LogP contribution in [-0.4, -0.2) is 27.4 Å². The van der Waals surface area contributed by atoms with Gasteiger partial charge in [0, 0.05) is 25.3 Å². The van der Waals surface area contributed by atoms with E-state index < -0.39 is 10.0 Å². The molecule has 3 aromatic carbocycles. The predicted molar refractivity (Wildman–Crippen MR) is 122 cm³/mol. The van der Waals surface area contributed by atoms with Crippen molar-refractivity contribution in [3.05, 3.63) is 90.0 Å². The molecule has 0 aliphatic heterocycles. The highest BCUT2D eigenvalue weighted by Gasteiger charge is 2.27. The molecule has 1 fully saturated rings. The van der Waals surface area contributed by atoms with Crippen molar-refractivity contribution in [1.29, 1.82) is 0 Å². The summed E-state index contributed by atoms with van der Waals surface area (Å²) in [5.74, 6) is -0.189. The van der Waals surface area contributed by atoms with Gasteiger partial charge in [0.2, 0.25) is 10.0 Å². The van der Waals surface area contributed by atoms with E-state index >= 15 is 0 Å². The van der Waals surface area contributed by atoms with Crippen LogP contribution in [0.2, 0.25) is 0 Å². The van der Waals surface area contributed by atoms with Crippen LogP contribution in [0, 0.1) is 0 Å². The number of carbonyl (C=O) groups excluding carboxylic acids is 1. The Bertz CT molecular complexity index is 1160. The van der Waals surface area contributed by atoms with Crippen LogP contribution >= 0.6 is 0 Å². The van der Waals surface area contributed by atoms with Crippen LogP contribution in [0.1, 0.15) is 28.8 Å². The van der Waals surface area contributed by atoms with Crippen molar-refractivity contribution in [2.75, 3.05) is 11.9 Å². The molecule has 7 heteroatoms. The van der Waals surface area contributed by atoms with Gasteiger partial charge in [-0.1, -0.05) is 42.5 Å². The van der Waals surface area contributed by atoms with E-state index in [2.05, 4.69) is 10.0 Å². The van der Waals surface area contributed by atoms with E-state index in [0.29, 0.717) is 12.1 Å². The van der Waals surface area contributed by atoms with Gasteiger partial charge in [-0.15, -0.1) is 0 Å². The molecular weight excluding hydrogens is 410 g/mol. The second-order valence-electron chi connectivity index (χ2n) is 7.63. The highest BCUT2D eigenvalue weighted by molar-refractivity contribution is 7.89. The second-order valence-corrected chi connectivity index (χ2v) is 9.35. The number of benzene rings is 3. The lowest BCUT2D eigenvalue weighted by atomic mass is 10.1. The number of carbonyl (C=O) groups is 1. The molecule has 0 aromatic heterocycles. The van der Waals surface area contributed by atoms with Gasteiger partial charge < -0.3 is 10.2 Å². The third-order valence-electron chi connectivity index (χ3n) is 5.24. The molecule has 0 unspecified atom stereocenters. The zero-order chi connectivity index (χ0) is 21.8. The number of hydrogen-bond donors (Lipinski definition) is 2. The Morgan fingerprint density at radius 3 is 2.26 bits per heavy atom. The van der Waals surface area contributed by atoms with Crippen LogP contribution in [0.15, 0.2) is 83.8 Å². The van der Waals surface area contributed by atoms with Crippen LogP contribution < -0.4 is 14.9 Å². The summed E-state index contributed by atoms with van der Waals surface area (Å²) < 4.78 is 27.2. The van der Waals surface area contributed by atoms with Gasteiger partial charge in [0.05, 0.1) is 16.1 Å². The van der Waals surface area contributed by atoms with Crippen molar-refractivity contribution in [1.82, 2.24) is 10.0 Å². The minimum absolute atomic E-state index is 0.0676. The smallest absolute Gasteiger partial charge is 0.253 e. The van der Waals surface area contributed by atoms with E-state index in [9.17, 15) is 13.2 Å². The SMILES string of the molecule is CN(c1ccccc1)c1ccccc1C(=O)NCc1ccc(S(=O)(=O)NC2CC2)cc1. The van der Waals surface area contributed by atoms with Crippen molar-refractivity contribution in [2.24, 2.45) is 0 Å². The lowest BCUT2D eigenvalue weighted by Gasteiger charge is -2.22. The highest BCUT2D eigenvalue weighted by atomic mass is 32.2. The van der Waals surface area contributed by atoms with Crippen molar-refractivity contribution in [2.45, 2.75) is 30.3 Å². The third kappa shape index (κ3) is 5.13. The summed E-state index contributed by atoms with van der Waals surface area (Å²) in [7, 11) is -1.55. The molecule has 0 saturated heterocycles. The highest BCUT2D eigenvalue weighted by Crippen LogP contribution is 2.27. The maximum Gasteiger partial charge on any atom is 0.253 e. The molecule has 4 rings (SSSR count). The molecule has 6 nitrogen and oxygen atoms in total. The Morgan fingerprint density at radius 1 is 0.935 bits per heavy atom. The topological polar surface area (TPSA) is 78.5 Å². The Balaban J connectivity index is 1.43. The molecule has 2 N–H and O–H groups in total. The van der Waals surface area contributed by atoms with E-state index in [1.165, 1.54) is 0 Å². The lowest BCUT2D eigenvalue weighted by molar-refractivity contribution is 0.0951. The lowest BCUT2D eigenvalue weighted by Crippen LogP contribution is -2.26. The van der Waals surface area contributed by atoms with E-state index in [1.807, 2.05) is 60.5 Å². The van der Waals surface area contributed by atoms with E-state index in [4.69, 9.17) is 0 Å². The Morgan fingerprint density at radius 2 is 1.58 bits per heavy atom. The van der Waals surface area contributed by atoms with Gasteiger partial charge in [-0.3, -0.25) is 4.79 Å². The van der Waals surface area contributed by atoms with E-state index in [1.54, 1.807) is 30.3 Å². The summed E-state index contributed by atoms with van der Waals surface area (Å²) in [6.45, 7) is 0.304. The summed E-state index contributed by atoms with van der Waals surface area (Å²) >= 11 is 0. The van der Waals surface area contributed by atoms with Gasteiger partial charge in [0.15, 0.2) is 0 Å². The summed E-state index contributed by atoms with van der Waals surface area (Å²) in [6.07, 6.45) is 1.79. The predicted octanol–water partition coefficient (Wildman–Crippen LogP) is 3.83. The van der Waals surface area contributed by atoms with Gasteiger partial charge in [0.25, 0.3) is 5.91 Å². The Hall–Kier alpha value is -3.16. The number of nitrogens with one attached hydrogen (secondary N) is 2. The van der Waals surface area contributed by atoms with Crippen molar-refractivity contribution >= 4 is 27.3 Å². The normalized spacial score (nSPS) is 13.6. The largest absolute Gasteiger partial charge is 0.348 e. The summed E-state index contributed by atoms with van der Waals surface area (Å²) in [5, 5.41) is 2.93. The van der Waals surface area contributed by atoms with Gasteiger partial charge in [-0.2, -0.15) is 0 Å². The fourth-order valence-electron chi connectivity index (χ4n) is 3.30. The van der Waals surface area contributed by atoms with Crippen LogP contribution in [-0.2, 0) is 16.6 Å². The van der Waals surface area contributed by atoms with Crippen molar-refractivity contribution < 1.29 is 13.2 Å².